The summed E-state index contributed by atoms with van der Waals surface area (Å²) in [5.41, 5.74) is 0.934. The standard InChI is InChI=1S/C16H18N2O3/c1-3-10(2)14(16(20)21)18-15(19)13-9-8-11-6-4-5-7-12(11)17-13/h4-10,14H,3H2,1-2H3,(H,18,19)(H,20,21)/t10-,14-/m1/s1. The summed E-state index contributed by atoms with van der Waals surface area (Å²) >= 11 is 0. The van der Waals surface area contributed by atoms with Crippen LogP contribution in [0.5, 0.6) is 0 Å². The number of carbonyl (C=O) groups is 2. The molecule has 1 aromatic heterocycles. The highest BCUT2D eigenvalue weighted by Gasteiger charge is 2.26. The van der Waals surface area contributed by atoms with E-state index in [9.17, 15) is 14.7 Å². The van der Waals surface area contributed by atoms with Crippen molar-refractivity contribution in [3.63, 3.8) is 0 Å². The number of carboxylic acids is 1. The molecule has 0 aliphatic heterocycles. The molecule has 0 aliphatic carbocycles. The second-order valence-electron chi connectivity index (χ2n) is 5.06. The Hall–Kier alpha value is -2.43. The van der Waals surface area contributed by atoms with E-state index in [1.807, 2.05) is 31.2 Å². The van der Waals surface area contributed by atoms with Gasteiger partial charge in [0.1, 0.15) is 11.7 Å². The smallest absolute Gasteiger partial charge is 0.326 e. The first-order valence-corrected chi connectivity index (χ1v) is 6.92. The van der Waals surface area contributed by atoms with Crippen LogP contribution >= 0.6 is 0 Å². The van der Waals surface area contributed by atoms with Crippen LogP contribution in [0.1, 0.15) is 30.8 Å². The summed E-state index contributed by atoms with van der Waals surface area (Å²) in [5, 5.41) is 12.7. The van der Waals surface area contributed by atoms with E-state index in [1.165, 1.54) is 0 Å². The Balaban J connectivity index is 2.23. The molecular formula is C16H18N2O3. The molecule has 21 heavy (non-hydrogen) atoms. The largest absolute Gasteiger partial charge is 0.480 e. The SMILES string of the molecule is CC[C@@H](C)[C@@H](NC(=O)c1ccc2ccccc2n1)C(=O)O. The Kier molecular flexibility index (Phi) is 4.52. The van der Waals surface area contributed by atoms with Gasteiger partial charge in [-0.15, -0.1) is 0 Å². The van der Waals surface area contributed by atoms with Gasteiger partial charge in [0.05, 0.1) is 5.52 Å². The lowest BCUT2D eigenvalue weighted by Gasteiger charge is -2.19. The first-order chi connectivity index (χ1) is 10.0. The fourth-order valence-electron chi connectivity index (χ4n) is 2.09. The maximum absolute atomic E-state index is 12.2. The Morgan fingerprint density at radius 3 is 2.62 bits per heavy atom. The predicted octanol–water partition coefficient (Wildman–Crippen LogP) is 2.46. The molecule has 0 unspecified atom stereocenters. The molecule has 5 nitrogen and oxygen atoms in total. The second kappa shape index (κ2) is 6.35. The third-order valence-corrected chi connectivity index (χ3v) is 3.60. The van der Waals surface area contributed by atoms with Gasteiger partial charge in [-0.2, -0.15) is 0 Å². The molecular weight excluding hydrogens is 268 g/mol. The summed E-state index contributed by atoms with van der Waals surface area (Å²) in [5.74, 6) is -1.64. The van der Waals surface area contributed by atoms with Gasteiger partial charge in [0.25, 0.3) is 5.91 Å². The fourth-order valence-corrected chi connectivity index (χ4v) is 2.09. The van der Waals surface area contributed by atoms with Crippen LogP contribution < -0.4 is 5.32 Å². The molecule has 110 valence electrons. The number of aliphatic carboxylic acids is 1. The van der Waals surface area contributed by atoms with E-state index < -0.39 is 17.9 Å². The van der Waals surface area contributed by atoms with Crippen molar-refractivity contribution in [3.8, 4) is 0 Å². The number of carboxylic acid groups (broad SMARTS) is 1. The van der Waals surface area contributed by atoms with E-state index in [0.717, 1.165) is 5.39 Å². The zero-order valence-electron chi connectivity index (χ0n) is 12.0. The summed E-state index contributed by atoms with van der Waals surface area (Å²) in [6.45, 7) is 3.69. The van der Waals surface area contributed by atoms with Crippen molar-refractivity contribution in [1.29, 1.82) is 0 Å². The third-order valence-electron chi connectivity index (χ3n) is 3.60. The molecule has 0 aliphatic rings. The minimum absolute atomic E-state index is 0.146. The topological polar surface area (TPSA) is 79.3 Å². The number of aromatic nitrogens is 1. The average molecular weight is 286 g/mol. The van der Waals surface area contributed by atoms with Crippen LogP contribution in [0.25, 0.3) is 10.9 Å². The Morgan fingerprint density at radius 1 is 1.24 bits per heavy atom. The Labute approximate surface area is 123 Å². The molecule has 0 fully saturated rings. The van der Waals surface area contributed by atoms with Crippen LogP contribution in [0, 0.1) is 5.92 Å². The lowest BCUT2D eigenvalue weighted by atomic mass is 9.99. The van der Waals surface area contributed by atoms with Crippen molar-refractivity contribution in [3.05, 3.63) is 42.1 Å². The number of amides is 1. The van der Waals surface area contributed by atoms with Crippen LogP contribution in [0.15, 0.2) is 36.4 Å². The molecule has 2 aromatic rings. The second-order valence-corrected chi connectivity index (χ2v) is 5.06. The number of pyridine rings is 1. The molecule has 0 saturated heterocycles. The van der Waals surface area contributed by atoms with Crippen molar-refractivity contribution < 1.29 is 14.7 Å². The van der Waals surface area contributed by atoms with Crippen LogP contribution in [0.3, 0.4) is 0 Å². The predicted molar refractivity (Wildman–Crippen MR) is 80.1 cm³/mol. The lowest BCUT2D eigenvalue weighted by Crippen LogP contribution is -2.45. The fraction of sp³-hybridized carbons (Fsp3) is 0.312. The number of hydrogen-bond donors (Lipinski definition) is 2. The summed E-state index contributed by atoms with van der Waals surface area (Å²) < 4.78 is 0. The van der Waals surface area contributed by atoms with Gasteiger partial charge in [-0.05, 0) is 18.1 Å². The summed E-state index contributed by atoms with van der Waals surface area (Å²) in [6, 6.07) is 9.96. The number of nitrogens with one attached hydrogen (secondary N) is 1. The van der Waals surface area contributed by atoms with Gasteiger partial charge in [-0.25, -0.2) is 9.78 Å². The van der Waals surface area contributed by atoms with Crippen LogP contribution in [0.4, 0.5) is 0 Å². The number of fused-ring (bicyclic) bond motifs is 1. The molecule has 5 heteroatoms. The van der Waals surface area contributed by atoms with Gasteiger partial charge in [0.2, 0.25) is 0 Å². The van der Waals surface area contributed by atoms with Crippen molar-refractivity contribution >= 4 is 22.8 Å². The molecule has 2 rings (SSSR count). The maximum Gasteiger partial charge on any atom is 0.326 e. The summed E-state index contributed by atoms with van der Waals surface area (Å²) in [6.07, 6.45) is 0.669. The number of para-hydroxylation sites is 1. The third kappa shape index (κ3) is 3.37. The van der Waals surface area contributed by atoms with Gasteiger partial charge < -0.3 is 10.4 Å². The van der Waals surface area contributed by atoms with E-state index in [4.69, 9.17) is 0 Å². The first-order valence-electron chi connectivity index (χ1n) is 6.92. The van der Waals surface area contributed by atoms with Gasteiger partial charge in [-0.1, -0.05) is 44.5 Å². The molecule has 0 saturated carbocycles. The molecule has 2 N–H and O–H groups in total. The van der Waals surface area contributed by atoms with Gasteiger partial charge in [0.15, 0.2) is 0 Å². The maximum atomic E-state index is 12.2. The highest BCUT2D eigenvalue weighted by atomic mass is 16.4. The lowest BCUT2D eigenvalue weighted by molar-refractivity contribution is -0.140. The number of nitrogens with zero attached hydrogens (tertiary/aromatic N) is 1. The van der Waals surface area contributed by atoms with E-state index in [2.05, 4.69) is 10.3 Å². The quantitative estimate of drug-likeness (QED) is 0.885. The molecule has 0 bridgehead atoms. The summed E-state index contributed by atoms with van der Waals surface area (Å²) in [7, 11) is 0. The minimum atomic E-state index is -1.03. The van der Waals surface area contributed by atoms with Crippen LogP contribution in [-0.4, -0.2) is 28.0 Å². The molecule has 1 aromatic carbocycles. The molecule has 1 heterocycles. The Bertz CT molecular complexity index is 669. The molecule has 0 radical (unpaired) electrons. The first kappa shape index (κ1) is 15.0. The zero-order valence-corrected chi connectivity index (χ0v) is 12.0. The van der Waals surface area contributed by atoms with E-state index in [-0.39, 0.29) is 11.6 Å². The average Bonchev–Trinajstić information content (AvgIpc) is 2.50. The van der Waals surface area contributed by atoms with E-state index >= 15 is 0 Å². The van der Waals surface area contributed by atoms with E-state index in [0.29, 0.717) is 11.9 Å². The zero-order chi connectivity index (χ0) is 15.4. The van der Waals surface area contributed by atoms with E-state index in [1.54, 1.807) is 19.1 Å². The van der Waals surface area contributed by atoms with Gasteiger partial charge in [-0.3, -0.25) is 4.79 Å². The highest BCUT2D eigenvalue weighted by molar-refractivity contribution is 5.97. The number of hydrogen-bond acceptors (Lipinski definition) is 3. The number of rotatable bonds is 5. The number of benzene rings is 1. The normalized spacial score (nSPS) is 13.6. The van der Waals surface area contributed by atoms with Crippen molar-refractivity contribution in [2.45, 2.75) is 26.3 Å². The monoisotopic (exact) mass is 286 g/mol. The molecule has 2 atom stereocenters. The van der Waals surface area contributed by atoms with Crippen molar-refractivity contribution in [1.82, 2.24) is 10.3 Å². The van der Waals surface area contributed by atoms with Crippen molar-refractivity contribution in [2.24, 2.45) is 5.92 Å². The Morgan fingerprint density at radius 2 is 1.95 bits per heavy atom. The van der Waals surface area contributed by atoms with Crippen molar-refractivity contribution in [2.75, 3.05) is 0 Å². The number of carbonyl (C=O) groups excluding carboxylic acids is 1. The van der Waals surface area contributed by atoms with Gasteiger partial charge in [0, 0.05) is 5.39 Å². The van der Waals surface area contributed by atoms with Crippen LogP contribution in [-0.2, 0) is 4.79 Å². The van der Waals surface area contributed by atoms with Crippen LogP contribution in [0.2, 0.25) is 0 Å². The minimum Gasteiger partial charge on any atom is -0.480 e. The molecule has 0 spiro atoms. The molecule has 1 amide bonds. The van der Waals surface area contributed by atoms with Gasteiger partial charge >= 0.3 is 5.97 Å². The highest BCUT2D eigenvalue weighted by Crippen LogP contribution is 2.13. The summed E-state index contributed by atoms with van der Waals surface area (Å²) in [4.78, 5) is 27.7.